The third-order valence-electron chi connectivity index (χ3n) is 4.19. The van der Waals surface area contributed by atoms with E-state index in [1.807, 2.05) is 18.2 Å². The van der Waals surface area contributed by atoms with Crippen LogP contribution in [0.5, 0.6) is 0 Å². The molecule has 114 valence electrons. The molecule has 1 aliphatic rings. The van der Waals surface area contributed by atoms with E-state index in [1.54, 1.807) is 24.3 Å². The normalized spacial score (nSPS) is 21.7. The van der Waals surface area contributed by atoms with Crippen molar-refractivity contribution in [1.29, 1.82) is 0 Å². The van der Waals surface area contributed by atoms with E-state index >= 15 is 0 Å². The Labute approximate surface area is 135 Å². The van der Waals surface area contributed by atoms with Crippen LogP contribution in [0.15, 0.2) is 54.6 Å². The molecule has 3 nitrogen and oxygen atoms in total. The molecule has 22 heavy (non-hydrogen) atoms. The van der Waals surface area contributed by atoms with E-state index < -0.39 is 0 Å². The van der Waals surface area contributed by atoms with Crippen molar-refractivity contribution < 1.29 is 4.79 Å². The molecule has 1 saturated heterocycles. The summed E-state index contributed by atoms with van der Waals surface area (Å²) in [5.41, 5.74) is 1.84. The minimum Gasteiger partial charge on any atom is -0.347 e. The van der Waals surface area contributed by atoms with E-state index in [0.717, 1.165) is 13.0 Å². The first-order chi connectivity index (χ1) is 10.6. The molecule has 2 atom stereocenters. The van der Waals surface area contributed by atoms with Crippen LogP contribution in [0.2, 0.25) is 5.02 Å². The summed E-state index contributed by atoms with van der Waals surface area (Å²) in [6, 6.07) is 17.7. The third-order valence-corrected chi connectivity index (χ3v) is 4.43. The highest BCUT2D eigenvalue weighted by atomic mass is 35.5. The third kappa shape index (κ3) is 3.16. The van der Waals surface area contributed by atoms with Crippen LogP contribution in [-0.4, -0.2) is 30.4 Å². The van der Waals surface area contributed by atoms with Gasteiger partial charge < -0.3 is 5.32 Å². The number of hydrogen-bond donors (Lipinski definition) is 1. The Morgan fingerprint density at radius 1 is 1.18 bits per heavy atom. The maximum Gasteiger partial charge on any atom is 0.251 e. The molecule has 0 saturated carbocycles. The number of carbonyl (C=O) groups is 1. The highest BCUT2D eigenvalue weighted by Gasteiger charge is 2.33. The molecule has 0 aromatic heterocycles. The summed E-state index contributed by atoms with van der Waals surface area (Å²) >= 11 is 5.97. The Kier molecular flexibility index (Phi) is 4.46. The Morgan fingerprint density at radius 3 is 2.68 bits per heavy atom. The molecule has 1 fully saturated rings. The number of likely N-dealkylation sites (tertiary alicyclic amines) is 1. The summed E-state index contributed by atoms with van der Waals surface area (Å²) < 4.78 is 0. The number of benzene rings is 2. The number of rotatable bonds is 3. The summed E-state index contributed by atoms with van der Waals surface area (Å²) in [4.78, 5) is 14.7. The number of likely N-dealkylation sites (N-methyl/N-ethyl adjacent to an activating group) is 1. The van der Waals surface area contributed by atoms with Crippen molar-refractivity contribution in [2.45, 2.75) is 18.5 Å². The second kappa shape index (κ2) is 6.51. The van der Waals surface area contributed by atoms with Crippen LogP contribution in [0.3, 0.4) is 0 Å². The van der Waals surface area contributed by atoms with Crippen molar-refractivity contribution in [1.82, 2.24) is 10.2 Å². The standard InChI is InChI=1S/C18H19ClN2O/c1-21-11-10-16(17(21)13-6-3-2-4-7-13)20-18(22)14-8-5-9-15(19)12-14/h2-9,12,16-17H,10-11H2,1H3,(H,20,22)/t16-,17+/m1/s1. The van der Waals surface area contributed by atoms with Gasteiger partial charge >= 0.3 is 0 Å². The second-order valence-corrected chi connectivity index (χ2v) is 6.15. The van der Waals surface area contributed by atoms with Crippen LogP contribution >= 0.6 is 11.6 Å². The molecular weight excluding hydrogens is 296 g/mol. The van der Waals surface area contributed by atoms with Crippen LogP contribution in [0.4, 0.5) is 0 Å². The lowest BCUT2D eigenvalue weighted by atomic mass is 10.00. The number of halogens is 1. The van der Waals surface area contributed by atoms with Crippen molar-refractivity contribution in [3.05, 3.63) is 70.7 Å². The van der Waals surface area contributed by atoms with Crippen molar-refractivity contribution in [2.24, 2.45) is 0 Å². The Bertz CT molecular complexity index is 659. The number of hydrogen-bond acceptors (Lipinski definition) is 2. The van der Waals surface area contributed by atoms with Crippen molar-refractivity contribution in [3.8, 4) is 0 Å². The molecule has 1 aliphatic heterocycles. The lowest BCUT2D eigenvalue weighted by Gasteiger charge is -2.26. The van der Waals surface area contributed by atoms with Gasteiger partial charge in [-0.3, -0.25) is 9.69 Å². The van der Waals surface area contributed by atoms with Gasteiger partial charge in [0.05, 0.1) is 12.1 Å². The fourth-order valence-electron chi connectivity index (χ4n) is 3.12. The number of nitrogens with one attached hydrogen (secondary N) is 1. The average Bonchev–Trinajstić information content (AvgIpc) is 2.89. The lowest BCUT2D eigenvalue weighted by molar-refractivity contribution is 0.0927. The van der Waals surface area contributed by atoms with Crippen molar-refractivity contribution in [3.63, 3.8) is 0 Å². The van der Waals surface area contributed by atoms with Crippen LogP contribution in [0.25, 0.3) is 0 Å². The SMILES string of the molecule is CN1CC[C@@H](NC(=O)c2cccc(Cl)c2)[C@@H]1c1ccccc1. The first kappa shape index (κ1) is 15.1. The molecule has 2 aromatic rings. The summed E-state index contributed by atoms with van der Waals surface area (Å²) in [5.74, 6) is -0.0660. The molecule has 1 N–H and O–H groups in total. The zero-order valence-electron chi connectivity index (χ0n) is 12.5. The molecule has 0 bridgehead atoms. The Morgan fingerprint density at radius 2 is 1.95 bits per heavy atom. The maximum absolute atomic E-state index is 12.4. The molecule has 3 rings (SSSR count). The summed E-state index contributed by atoms with van der Waals surface area (Å²) in [5, 5.41) is 3.74. The second-order valence-electron chi connectivity index (χ2n) is 5.72. The smallest absolute Gasteiger partial charge is 0.251 e. The van der Waals surface area contributed by atoms with Gasteiger partial charge in [-0.15, -0.1) is 0 Å². The monoisotopic (exact) mass is 314 g/mol. The van der Waals surface area contributed by atoms with E-state index in [9.17, 15) is 4.79 Å². The average molecular weight is 315 g/mol. The molecule has 1 amide bonds. The van der Waals surface area contributed by atoms with Gasteiger partial charge in [-0.2, -0.15) is 0 Å². The maximum atomic E-state index is 12.4. The van der Waals surface area contributed by atoms with Gasteiger partial charge in [0.2, 0.25) is 0 Å². The summed E-state index contributed by atoms with van der Waals surface area (Å²) in [6.45, 7) is 0.972. The van der Waals surface area contributed by atoms with E-state index in [0.29, 0.717) is 10.6 Å². The minimum atomic E-state index is -0.0660. The zero-order chi connectivity index (χ0) is 15.5. The lowest BCUT2D eigenvalue weighted by Crippen LogP contribution is -2.38. The van der Waals surface area contributed by atoms with E-state index in [-0.39, 0.29) is 18.0 Å². The molecule has 1 heterocycles. The molecule has 0 unspecified atom stereocenters. The van der Waals surface area contributed by atoms with E-state index in [4.69, 9.17) is 11.6 Å². The quantitative estimate of drug-likeness (QED) is 0.940. The van der Waals surface area contributed by atoms with Gasteiger partial charge in [0.1, 0.15) is 0 Å². The van der Waals surface area contributed by atoms with Crippen molar-refractivity contribution in [2.75, 3.05) is 13.6 Å². The fraction of sp³-hybridized carbons (Fsp3) is 0.278. The Hall–Kier alpha value is -1.84. The molecule has 2 aromatic carbocycles. The van der Waals surface area contributed by atoms with Gasteiger partial charge in [0.25, 0.3) is 5.91 Å². The molecule has 0 aliphatic carbocycles. The summed E-state index contributed by atoms with van der Waals surface area (Å²) in [7, 11) is 2.10. The van der Waals surface area contributed by atoms with Crippen molar-refractivity contribution >= 4 is 17.5 Å². The van der Waals surface area contributed by atoms with Crippen LogP contribution < -0.4 is 5.32 Å². The van der Waals surface area contributed by atoms with E-state index in [2.05, 4.69) is 29.4 Å². The van der Waals surface area contributed by atoms with Gasteiger partial charge in [0.15, 0.2) is 0 Å². The molecule has 0 spiro atoms. The predicted octanol–water partition coefficient (Wildman–Crippen LogP) is 3.52. The highest BCUT2D eigenvalue weighted by molar-refractivity contribution is 6.30. The highest BCUT2D eigenvalue weighted by Crippen LogP contribution is 2.31. The predicted molar refractivity (Wildman–Crippen MR) is 89.1 cm³/mol. The van der Waals surface area contributed by atoms with Gasteiger partial charge in [0, 0.05) is 17.1 Å². The van der Waals surface area contributed by atoms with E-state index in [1.165, 1.54) is 5.56 Å². The fourth-order valence-corrected chi connectivity index (χ4v) is 3.31. The van der Waals surface area contributed by atoms with Gasteiger partial charge in [-0.1, -0.05) is 48.0 Å². The van der Waals surface area contributed by atoms with Gasteiger partial charge in [-0.05, 0) is 37.2 Å². The first-order valence-electron chi connectivity index (χ1n) is 7.47. The number of nitrogens with zero attached hydrogens (tertiary/aromatic N) is 1. The molecular formula is C18H19ClN2O. The number of amides is 1. The van der Waals surface area contributed by atoms with Crippen LogP contribution in [0.1, 0.15) is 28.4 Å². The molecule has 0 radical (unpaired) electrons. The number of carbonyl (C=O) groups excluding carboxylic acids is 1. The topological polar surface area (TPSA) is 32.3 Å². The largest absolute Gasteiger partial charge is 0.347 e. The van der Waals surface area contributed by atoms with Crippen LogP contribution in [-0.2, 0) is 0 Å². The van der Waals surface area contributed by atoms with Crippen LogP contribution in [0, 0.1) is 0 Å². The summed E-state index contributed by atoms with van der Waals surface area (Å²) in [6.07, 6.45) is 0.947. The van der Waals surface area contributed by atoms with Gasteiger partial charge in [-0.25, -0.2) is 0 Å². The zero-order valence-corrected chi connectivity index (χ0v) is 13.3. The molecule has 4 heteroatoms. The minimum absolute atomic E-state index is 0.0660. The Balaban J connectivity index is 1.78. The first-order valence-corrected chi connectivity index (χ1v) is 7.84.